The summed E-state index contributed by atoms with van der Waals surface area (Å²) in [5.74, 6) is -0.775. The molecule has 0 bridgehead atoms. The SMILES string of the molecule is COCC(C)NC(=O)c1cccc(F)c1Br. The normalized spacial score (nSPS) is 12.2. The topological polar surface area (TPSA) is 38.3 Å². The van der Waals surface area contributed by atoms with E-state index in [-0.39, 0.29) is 22.0 Å². The second-order valence-electron chi connectivity index (χ2n) is 3.43. The molecule has 3 nitrogen and oxygen atoms in total. The van der Waals surface area contributed by atoms with Gasteiger partial charge in [-0.15, -0.1) is 0 Å². The van der Waals surface area contributed by atoms with E-state index in [4.69, 9.17) is 4.74 Å². The molecule has 1 aromatic carbocycles. The van der Waals surface area contributed by atoms with Crippen LogP contribution in [0.5, 0.6) is 0 Å². The lowest BCUT2D eigenvalue weighted by Crippen LogP contribution is -2.35. The zero-order chi connectivity index (χ0) is 12.1. The standard InChI is InChI=1S/C11H13BrFNO2/c1-7(6-16-2)14-11(15)8-4-3-5-9(13)10(8)12/h3-5,7H,6H2,1-2H3,(H,14,15). The number of hydrogen-bond donors (Lipinski definition) is 1. The minimum Gasteiger partial charge on any atom is -0.383 e. The molecule has 1 aromatic rings. The Morgan fingerprint density at radius 3 is 2.94 bits per heavy atom. The minimum atomic E-state index is -0.452. The lowest BCUT2D eigenvalue weighted by Gasteiger charge is -2.13. The van der Waals surface area contributed by atoms with E-state index >= 15 is 0 Å². The van der Waals surface area contributed by atoms with Crippen molar-refractivity contribution >= 4 is 21.8 Å². The van der Waals surface area contributed by atoms with Gasteiger partial charge in [-0.25, -0.2) is 4.39 Å². The van der Waals surface area contributed by atoms with Gasteiger partial charge in [0.05, 0.1) is 16.6 Å². The molecule has 0 radical (unpaired) electrons. The van der Waals surface area contributed by atoms with Gasteiger partial charge in [0.15, 0.2) is 0 Å². The van der Waals surface area contributed by atoms with Gasteiger partial charge in [0.2, 0.25) is 0 Å². The second kappa shape index (κ2) is 5.96. The van der Waals surface area contributed by atoms with Crippen LogP contribution in [-0.2, 0) is 4.74 Å². The molecule has 1 amide bonds. The minimum absolute atomic E-state index is 0.118. The van der Waals surface area contributed by atoms with Crippen molar-refractivity contribution in [1.29, 1.82) is 0 Å². The van der Waals surface area contributed by atoms with Crippen molar-refractivity contribution in [2.45, 2.75) is 13.0 Å². The van der Waals surface area contributed by atoms with Crippen molar-refractivity contribution in [2.24, 2.45) is 0 Å². The molecule has 0 saturated carbocycles. The fourth-order valence-corrected chi connectivity index (χ4v) is 1.72. The molecule has 16 heavy (non-hydrogen) atoms. The summed E-state index contributed by atoms with van der Waals surface area (Å²) in [7, 11) is 1.56. The summed E-state index contributed by atoms with van der Waals surface area (Å²) in [4.78, 5) is 11.7. The number of rotatable bonds is 4. The number of nitrogens with one attached hydrogen (secondary N) is 1. The number of hydrogen-bond acceptors (Lipinski definition) is 2. The number of methoxy groups -OCH3 is 1. The number of ether oxygens (including phenoxy) is 1. The van der Waals surface area contributed by atoms with E-state index in [9.17, 15) is 9.18 Å². The summed E-state index contributed by atoms with van der Waals surface area (Å²) in [5.41, 5.74) is 0.281. The van der Waals surface area contributed by atoms with E-state index in [1.807, 2.05) is 6.92 Å². The van der Waals surface area contributed by atoms with Crippen molar-refractivity contribution in [3.05, 3.63) is 34.1 Å². The number of halogens is 2. The van der Waals surface area contributed by atoms with E-state index in [0.29, 0.717) is 6.61 Å². The molecular formula is C11H13BrFNO2. The van der Waals surface area contributed by atoms with Crippen LogP contribution in [-0.4, -0.2) is 25.7 Å². The Kier molecular flexibility index (Phi) is 4.89. The summed E-state index contributed by atoms with van der Waals surface area (Å²) in [6.45, 7) is 2.23. The molecule has 0 aliphatic heterocycles. The van der Waals surface area contributed by atoms with Gasteiger partial charge in [0, 0.05) is 13.2 Å². The van der Waals surface area contributed by atoms with Crippen LogP contribution in [0.3, 0.4) is 0 Å². The molecule has 0 spiro atoms. The van der Waals surface area contributed by atoms with Crippen LogP contribution in [0.2, 0.25) is 0 Å². The highest BCUT2D eigenvalue weighted by molar-refractivity contribution is 9.10. The molecule has 0 fully saturated rings. The third-order valence-corrected chi connectivity index (χ3v) is 2.80. The fraction of sp³-hybridized carbons (Fsp3) is 0.364. The summed E-state index contributed by atoms with van der Waals surface area (Å²) >= 11 is 3.04. The van der Waals surface area contributed by atoms with E-state index in [0.717, 1.165) is 0 Å². The summed E-state index contributed by atoms with van der Waals surface area (Å²) in [6.07, 6.45) is 0. The number of amides is 1. The molecule has 88 valence electrons. The van der Waals surface area contributed by atoms with Gasteiger partial charge < -0.3 is 10.1 Å². The largest absolute Gasteiger partial charge is 0.383 e. The van der Waals surface area contributed by atoms with Crippen molar-refractivity contribution in [1.82, 2.24) is 5.32 Å². The predicted octanol–water partition coefficient (Wildman–Crippen LogP) is 2.35. The molecule has 0 aliphatic carbocycles. The monoisotopic (exact) mass is 289 g/mol. The lowest BCUT2D eigenvalue weighted by molar-refractivity contribution is 0.0904. The number of benzene rings is 1. The molecule has 1 rings (SSSR count). The van der Waals surface area contributed by atoms with Gasteiger partial charge >= 0.3 is 0 Å². The van der Waals surface area contributed by atoms with Crippen LogP contribution in [0.25, 0.3) is 0 Å². The summed E-state index contributed by atoms with van der Waals surface area (Å²) in [5, 5.41) is 2.70. The average Bonchev–Trinajstić information content (AvgIpc) is 2.22. The average molecular weight is 290 g/mol. The Hall–Kier alpha value is -0.940. The Morgan fingerprint density at radius 1 is 1.62 bits per heavy atom. The maximum atomic E-state index is 13.2. The van der Waals surface area contributed by atoms with Gasteiger partial charge in [-0.1, -0.05) is 6.07 Å². The molecular weight excluding hydrogens is 277 g/mol. The maximum Gasteiger partial charge on any atom is 0.252 e. The molecule has 0 aromatic heterocycles. The molecule has 1 N–H and O–H groups in total. The fourth-order valence-electron chi connectivity index (χ4n) is 1.27. The molecule has 1 unspecified atom stereocenters. The summed E-state index contributed by atoms with van der Waals surface area (Å²) in [6, 6.07) is 4.23. The Bertz CT molecular complexity index is 384. The third kappa shape index (κ3) is 3.28. The first-order valence-corrected chi connectivity index (χ1v) is 5.59. The summed E-state index contributed by atoms with van der Waals surface area (Å²) < 4.78 is 18.2. The van der Waals surface area contributed by atoms with Gasteiger partial charge in [-0.2, -0.15) is 0 Å². The first-order chi connectivity index (χ1) is 7.56. The zero-order valence-electron chi connectivity index (χ0n) is 9.09. The molecule has 0 heterocycles. The number of carbonyl (C=O) groups excluding carboxylic acids is 1. The van der Waals surface area contributed by atoms with Crippen LogP contribution in [0, 0.1) is 5.82 Å². The number of carbonyl (C=O) groups is 1. The van der Waals surface area contributed by atoms with Crippen molar-refractivity contribution < 1.29 is 13.9 Å². The van der Waals surface area contributed by atoms with Crippen LogP contribution in [0.1, 0.15) is 17.3 Å². The highest BCUT2D eigenvalue weighted by atomic mass is 79.9. The zero-order valence-corrected chi connectivity index (χ0v) is 10.7. The highest BCUT2D eigenvalue weighted by Gasteiger charge is 2.14. The van der Waals surface area contributed by atoms with E-state index in [2.05, 4.69) is 21.2 Å². The maximum absolute atomic E-state index is 13.2. The van der Waals surface area contributed by atoms with Crippen LogP contribution in [0.4, 0.5) is 4.39 Å². The van der Waals surface area contributed by atoms with Gasteiger partial charge in [-0.05, 0) is 35.0 Å². The van der Waals surface area contributed by atoms with E-state index in [1.54, 1.807) is 13.2 Å². The van der Waals surface area contributed by atoms with E-state index < -0.39 is 5.82 Å². The van der Waals surface area contributed by atoms with E-state index in [1.165, 1.54) is 12.1 Å². The smallest absolute Gasteiger partial charge is 0.252 e. The van der Waals surface area contributed by atoms with Gasteiger partial charge in [0.25, 0.3) is 5.91 Å². The predicted molar refractivity (Wildman–Crippen MR) is 62.9 cm³/mol. The third-order valence-electron chi connectivity index (χ3n) is 1.99. The first-order valence-electron chi connectivity index (χ1n) is 4.80. The quantitative estimate of drug-likeness (QED) is 0.924. The van der Waals surface area contributed by atoms with Crippen molar-refractivity contribution in [3.63, 3.8) is 0 Å². The molecule has 0 aliphatic rings. The Labute approximate surface area is 102 Å². The van der Waals surface area contributed by atoms with Gasteiger partial charge in [0.1, 0.15) is 5.82 Å². The van der Waals surface area contributed by atoms with Crippen LogP contribution >= 0.6 is 15.9 Å². The molecule has 0 saturated heterocycles. The Morgan fingerprint density at radius 2 is 2.31 bits per heavy atom. The van der Waals surface area contributed by atoms with Crippen LogP contribution in [0.15, 0.2) is 22.7 Å². The first kappa shape index (κ1) is 13.1. The highest BCUT2D eigenvalue weighted by Crippen LogP contribution is 2.20. The van der Waals surface area contributed by atoms with Gasteiger partial charge in [-0.3, -0.25) is 4.79 Å². The second-order valence-corrected chi connectivity index (χ2v) is 4.22. The van der Waals surface area contributed by atoms with Crippen LogP contribution < -0.4 is 5.32 Å². The molecule has 5 heteroatoms. The van der Waals surface area contributed by atoms with Crippen molar-refractivity contribution in [2.75, 3.05) is 13.7 Å². The Balaban J connectivity index is 2.77. The van der Waals surface area contributed by atoms with Crippen molar-refractivity contribution in [3.8, 4) is 0 Å². The lowest BCUT2D eigenvalue weighted by atomic mass is 10.2. The molecule has 1 atom stereocenters.